The summed E-state index contributed by atoms with van der Waals surface area (Å²) in [4.78, 5) is 10.7. The van der Waals surface area contributed by atoms with Crippen LogP contribution in [-0.4, -0.2) is 42.7 Å². The average molecular weight is 340 g/mol. The molecule has 1 aliphatic rings. The van der Waals surface area contributed by atoms with Crippen LogP contribution in [0, 0.1) is 5.92 Å². The largest absolute Gasteiger partial charge is 0.492 e. The van der Waals surface area contributed by atoms with Crippen LogP contribution >= 0.6 is 0 Å². The van der Waals surface area contributed by atoms with E-state index in [1.807, 2.05) is 6.07 Å². The van der Waals surface area contributed by atoms with Gasteiger partial charge in [-0.1, -0.05) is 19.0 Å². The molecule has 2 aromatic heterocycles. The van der Waals surface area contributed by atoms with E-state index in [2.05, 4.69) is 33.9 Å². The summed E-state index contributed by atoms with van der Waals surface area (Å²) in [5.41, 5.74) is 0.515. The zero-order valence-corrected chi connectivity index (χ0v) is 15.0. The number of hydrogen-bond acceptors (Lipinski definition) is 6. The van der Waals surface area contributed by atoms with E-state index in [-0.39, 0.29) is 0 Å². The molecule has 0 spiro atoms. The second kappa shape index (κ2) is 8.36. The molecule has 0 unspecified atom stereocenters. The van der Waals surface area contributed by atoms with Crippen molar-refractivity contribution in [2.24, 2.45) is 5.92 Å². The third-order valence-corrected chi connectivity index (χ3v) is 4.62. The summed E-state index contributed by atoms with van der Waals surface area (Å²) >= 11 is 0. The molecule has 3 rings (SSSR count). The highest BCUT2D eigenvalue weighted by atomic mass is 16.5. The van der Waals surface area contributed by atoms with Gasteiger partial charge in [0.25, 0.3) is 0 Å². The molecule has 0 aromatic carbocycles. The zero-order chi connectivity index (χ0) is 17.6. The summed E-state index contributed by atoms with van der Waals surface area (Å²) in [5, 5.41) is 4.05. The third-order valence-electron chi connectivity index (χ3n) is 4.62. The molecule has 7 heteroatoms. The van der Waals surface area contributed by atoms with Crippen molar-refractivity contribution < 1.29 is 9.26 Å². The van der Waals surface area contributed by atoms with Gasteiger partial charge in [-0.15, -0.1) is 0 Å². The van der Waals surface area contributed by atoms with Crippen molar-refractivity contribution in [2.75, 3.05) is 24.6 Å². The smallest absolute Gasteiger partial charge is 0.324 e. The topological polar surface area (TPSA) is 64.3 Å². The molecular formula is C18H25BN4O2. The molecule has 0 saturated carbocycles. The lowest BCUT2D eigenvalue weighted by Gasteiger charge is -2.30. The van der Waals surface area contributed by atoms with Crippen LogP contribution < -0.4 is 15.2 Å². The Bertz CT molecular complexity index is 651. The molecule has 3 heterocycles. The van der Waals surface area contributed by atoms with Crippen molar-refractivity contribution in [2.45, 2.75) is 45.4 Å². The summed E-state index contributed by atoms with van der Waals surface area (Å²) in [6.45, 7) is 6.82. The van der Waals surface area contributed by atoms with Gasteiger partial charge in [0.05, 0.1) is 12.8 Å². The molecule has 25 heavy (non-hydrogen) atoms. The number of piperidine rings is 1. The number of hydrogen-bond donors (Lipinski definition) is 0. The molecule has 0 atom stereocenters. The minimum atomic E-state index is 0.297. The van der Waals surface area contributed by atoms with Gasteiger partial charge in [-0.3, -0.25) is 4.98 Å². The fourth-order valence-corrected chi connectivity index (χ4v) is 3.04. The van der Waals surface area contributed by atoms with E-state index >= 15 is 0 Å². The van der Waals surface area contributed by atoms with Gasteiger partial charge in [0.15, 0.2) is 5.82 Å². The predicted molar refractivity (Wildman–Crippen MR) is 97.7 cm³/mol. The lowest BCUT2D eigenvalue weighted by molar-refractivity contribution is 0.276. The van der Waals surface area contributed by atoms with Crippen LogP contribution in [-0.2, 0) is 0 Å². The van der Waals surface area contributed by atoms with Gasteiger partial charge in [0.1, 0.15) is 13.6 Å². The Balaban J connectivity index is 1.35. The number of pyridine rings is 1. The quantitative estimate of drug-likeness (QED) is 0.570. The second-order valence-corrected chi connectivity index (χ2v) is 6.93. The summed E-state index contributed by atoms with van der Waals surface area (Å²) in [6, 6.07) is 4.28. The van der Waals surface area contributed by atoms with Crippen molar-refractivity contribution in [1.82, 2.24) is 15.1 Å². The van der Waals surface area contributed by atoms with Crippen LogP contribution in [0.15, 0.2) is 22.9 Å². The van der Waals surface area contributed by atoms with E-state index in [0.29, 0.717) is 24.1 Å². The molecule has 0 bridgehead atoms. The molecule has 0 aliphatic carbocycles. The summed E-state index contributed by atoms with van der Waals surface area (Å²) < 4.78 is 11.1. The highest BCUT2D eigenvalue weighted by molar-refractivity contribution is 6.30. The lowest BCUT2D eigenvalue weighted by Crippen LogP contribution is -2.34. The van der Waals surface area contributed by atoms with Crippen LogP contribution in [0.2, 0.25) is 0 Å². The number of anilines is 1. The van der Waals surface area contributed by atoms with E-state index in [4.69, 9.17) is 17.1 Å². The first-order valence-electron chi connectivity index (χ1n) is 9.04. The Morgan fingerprint density at radius 3 is 2.76 bits per heavy atom. The minimum Gasteiger partial charge on any atom is -0.492 e. The minimum absolute atomic E-state index is 0.297. The third kappa shape index (κ3) is 4.97. The lowest BCUT2D eigenvalue weighted by atomic mass is 9.92. The second-order valence-electron chi connectivity index (χ2n) is 6.93. The maximum atomic E-state index is 5.71. The van der Waals surface area contributed by atoms with Gasteiger partial charge >= 0.3 is 6.01 Å². The van der Waals surface area contributed by atoms with Crippen LogP contribution in [0.3, 0.4) is 0 Å². The molecule has 1 saturated heterocycles. The Labute approximate surface area is 150 Å². The maximum Gasteiger partial charge on any atom is 0.324 e. The van der Waals surface area contributed by atoms with Crippen molar-refractivity contribution in [3.05, 3.63) is 24.2 Å². The van der Waals surface area contributed by atoms with Crippen LogP contribution in [0.5, 0.6) is 5.75 Å². The summed E-state index contributed by atoms with van der Waals surface area (Å²) in [5.74, 6) is 2.59. The van der Waals surface area contributed by atoms with E-state index in [9.17, 15) is 0 Å². The van der Waals surface area contributed by atoms with Crippen molar-refractivity contribution in [3.63, 3.8) is 0 Å². The molecule has 6 nitrogen and oxygen atoms in total. The standard InChI is InChI=1S/C18H25BN4O2/c1-13(2)17-21-18(25-22-17)23-9-7-14(8-10-23)4-3-11-24-15-5-6-16(19)20-12-15/h5-6,12-14H,3-4,7-11H2,1-2H3. The summed E-state index contributed by atoms with van der Waals surface area (Å²) in [6.07, 6.45) is 6.21. The molecule has 0 N–H and O–H groups in total. The molecule has 1 fully saturated rings. The first kappa shape index (κ1) is 17.8. The zero-order valence-electron chi connectivity index (χ0n) is 15.0. The van der Waals surface area contributed by atoms with Crippen molar-refractivity contribution >= 4 is 19.5 Å². The van der Waals surface area contributed by atoms with Gasteiger partial charge in [-0.05, 0) is 49.3 Å². The number of aromatic nitrogens is 3. The maximum absolute atomic E-state index is 5.71. The van der Waals surface area contributed by atoms with Crippen molar-refractivity contribution in [3.8, 4) is 5.75 Å². The van der Waals surface area contributed by atoms with Gasteiger partial charge < -0.3 is 14.2 Å². The Kier molecular flexibility index (Phi) is 5.94. The van der Waals surface area contributed by atoms with Crippen LogP contribution in [0.1, 0.15) is 51.3 Å². The monoisotopic (exact) mass is 340 g/mol. The fourth-order valence-electron chi connectivity index (χ4n) is 3.04. The number of ether oxygens (including phenoxy) is 1. The Hall–Kier alpha value is -2.05. The van der Waals surface area contributed by atoms with E-state index in [1.165, 1.54) is 6.42 Å². The number of rotatable bonds is 7. The SMILES string of the molecule is [B]c1ccc(OCCCC2CCN(c3nc(C(C)C)no3)CC2)cn1. The highest BCUT2D eigenvalue weighted by Gasteiger charge is 2.23. The van der Waals surface area contributed by atoms with Gasteiger partial charge in [0, 0.05) is 19.0 Å². The highest BCUT2D eigenvalue weighted by Crippen LogP contribution is 2.26. The molecular weight excluding hydrogens is 315 g/mol. The predicted octanol–water partition coefficient (Wildman–Crippen LogP) is 2.46. The Morgan fingerprint density at radius 1 is 1.32 bits per heavy atom. The van der Waals surface area contributed by atoms with Crippen LogP contribution in [0.4, 0.5) is 6.01 Å². The first-order chi connectivity index (χ1) is 12.1. The van der Waals surface area contributed by atoms with Crippen LogP contribution in [0.25, 0.3) is 0 Å². The average Bonchev–Trinajstić information content (AvgIpc) is 3.11. The normalized spacial score (nSPS) is 15.7. The first-order valence-corrected chi connectivity index (χ1v) is 9.04. The Morgan fingerprint density at radius 2 is 2.12 bits per heavy atom. The van der Waals surface area contributed by atoms with Crippen molar-refractivity contribution in [1.29, 1.82) is 0 Å². The molecule has 2 radical (unpaired) electrons. The van der Waals surface area contributed by atoms with Gasteiger partial charge in [-0.2, -0.15) is 4.98 Å². The molecule has 1 aliphatic heterocycles. The molecule has 132 valence electrons. The summed E-state index contributed by atoms with van der Waals surface area (Å²) in [7, 11) is 5.56. The van der Waals surface area contributed by atoms with Gasteiger partial charge in [0.2, 0.25) is 0 Å². The molecule has 0 amide bonds. The van der Waals surface area contributed by atoms with E-state index in [1.54, 1.807) is 12.3 Å². The number of nitrogens with zero attached hydrogens (tertiary/aromatic N) is 4. The van der Waals surface area contributed by atoms with E-state index < -0.39 is 0 Å². The van der Waals surface area contributed by atoms with Gasteiger partial charge in [-0.25, -0.2) is 0 Å². The fraction of sp³-hybridized carbons (Fsp3) is 0.611. The van der Waals surface area contributed by atoms with E-state index in [0.717, 1.165) is 49.8 Å². The molecule has 2 aromatic rings.